The van der Waals surface area contributed by atoms with Crippen molar-refractivity contribution in [3.8, 4) is 0 Å². The number of rotatable bonds is 3. The van der Waals surface area contributed by atoms with Gasteiger partial charge in [-0.15, -0.1) is 0 Å². The molecule has 1 amide bonds. The zero-order valence-electron chi connectivity index (χ0n) is 8.46. The van der Waals surface area contributed by atoms with Gasteiger partial charge >= 0.3 is 0 Å². The van der Waals surface area contributed by atoms with E-state index in [9.17, 15) is 9.18 Å². The second-order valence-corrected chi connectivity index (χ2v) is 4.32. The lowest BCUT2D eigenvalue weighted by molar-refractivity contribution is -0.120. The number of amides is 1. The van der Waals surface area contributed by atoms with E-state index in [-0.39, 0.29) is 24.1 Å². The van der Waals surface area contributed by atoms with Crippen LogP contribution in [0.25, 0.3) is 0 Å². The topological polar surface area (TPSA) is 53.7 Å². The maximum atomic E-state index is 13.0. The number of benzene rings is 1. The molecule has 16 heavy (non-hydrogen) atoms. The zero-order valence-corrected chi connectivity index (χ0v) is 10.0. The van der Waals surface area contributed by atoms with E-state index in [0.29, 0.717) is 0 Å². The first-order valence-electron chi connectivity index (χ1n) is 4.70. The molecule has 6 heteroatoms. The van der Waals surface area contributed by atoms with Crippen LogP contribution < -0.4 is 10.9 Å². The molecule has 0 saturated carbocycles. The van der Waals surface area contributed by atoms with Gasteiger partial charge < -0.3 is 4.74 Å². The molecule has 1 aromatic carbocycles. The van der Waals surface area contributed by atoms with Crippen molar-refractivity contribution in [2.75, 3.05) is 0 Å². The van der Waals surface area contributed by atoms with Crippen LogP contribution in [0.2, 0.25) is 0 Å². The van der Waals surface area contributed by atoms with Crippen LogP contribution in [0.4, 0.5) is 4.39 Å². The summed E-state index contributed by atoms with van der Waals surface area (Å²) in [6, 6.07) is 4.40. The molecule has 0 spiro atoms. The Morgan fingerprint density at radius 2 is 2.31 bits per heavy atom. The Hall–Kier alpha value is -0.980. The quantitative estimate of drug-likeness (QED) is 0.657. The second kappa shape index (κ2) is 4.48. The summed E-state index contributed by atoms with van der Waals surface area (Å²) in [7, 11) is 0. The monoisotopic (exact) mass is 288 g/mol. The van der Waals surface area contributed by atoms with E-state index >= 15 is 0 Å². The highest BCUT2D eigenvalue weighted by Crippen LogP contribution is 2.40. The third-order valence-electron chi connectivity index (χ3n) is 2.15. The number of hydrogen-bond acceptors (Lipinski definition) is 3. The maximum Gasteiger partial charge on any atom is 0.231 e. The summed E-state index contributed by atoms with van der Waals surface area (Å²) in [4.78, 5) is 10.6. The highest BCUT2D eigenvalue weighted by Gasteiger charge is 2.41. The van der Waals surface area contributed by atoms with Crippen molar-refractivity contribution >= 4 is 21.8 Å². The van der Waals surface area contributed by atoms with Crippen LogP contribution in [-0.4, -0.2) is 12.1 Å². The van der Waals surface area contributed by atoms with Crippen molar-refractivity contribution in [3.05, 3.63) is 34.1 Å². The molecule has 2 unspecified atom stereocenters. The number of nitrogens with one attached hydrogen (secondary N) is 2. The Kier molecular flexibility index (Phi) is 3.22. The van der Waals surface area contributed by atoms with Crippen molar-refractivity contribution in [1.82, 2.24) is 10.9 Å². The number of carbonyl (C=O) groups is 1. The molecule has 0 aromatic heterocycles. The molecule has 0 radical (unpaired) electrons. The van der Waals surface area contributed by atoms with Gasteiger partial charge in [0, 0.05) is 17.0 Å². The Morgan fingerprint density at radius 3 is 3.00 bits per heavy atom. The number of hydrazine groups is 1. The molecular weight excluding hydrogens is 279 g/mol. The Labute approximate surface area is 100 Å². The fraction of sp³-hybridized carbons (Fsp3) is 0.300. The van der Waals surface area contributed by atoms with Crippen LogP contribution in [0.1, 0.15) is 18.6 Å². The van der Waals surface area contributed by atoms with Crippen molar-refractivity contribution in [3.63, 3.8) is 0 Å². The Bertz CT molecular complexity index is 427. The van der Waals surface area contributed by atoms with E-state index in [4.69, 9.17) is 4.74 Å². The molecule has 86 valence electrons. The van der Waals surface area contributed by atoms with Crippen LogP contribution in [0.15, 0.2) is 22.7 Å². The van der Waals surface area contributed by atoms with E-state index in [1.807, 2.05) is 0 Å². The molecule has 1 fully saturated rings. The highest BCUT2D eigenvalue weighted by atomic mass is 79.9. The van der Waals surface area contributed by atoms with Crippen molar-refractivity contribution in [1.29, 1.82) is 0 Å². The fourth-order valence-corrected chi connectivity index (χ4v) is 1.84. The smallest absolute Gasteiger partial charge is 0.231 e. The largest absolute Gasteiger partial charge is 0.346 e. The summed E-state index contributed by atoms with van der Waals surface area (Å²) in [6.07, 6.45) is -0.543. The molecule has 2 rings (SSSR count). The second-order valence-electron chi connectivity index (χ2n) is 3.47. The molecule has 0 bridgehead atoms. The van der Waals surface area contributed by atoms with Crippen molar-refractivity contribution in [2.24, 2.45) is 0 Å². The van der Waals surface area contributed by atoms with Crippen LogP contribution in [0.3, 0.4) is 0 Å². The van der Waals surface area contributed by atoms with Gasteiger partial charge in [0.05, 0.1) is 0 Å². The average molecular weight is 289 g/mol. The molecule has 1 saturated heterocycles. The third kappa shape index (κ3) is 2.58. The van der Waals surface area contributed by atoms with Gasteiger partial charge in [0.2, 0.25) is 5.91 Å². The minimum Gasteiger partial charge on any atom is -0.346 e. The molecular formula is C10H10BrFN2O2. The summed E-state index contributed by atoms with van der Waals surface area (Å²) >= 11 is 3.32. The van der Waals surface area contributed by atoms with E-state index in [1.54, 1.807) is 6.07 Å². The first-order chi connectivity index (χ1) is 7.58. The minimum absolute atomic E-state index is 0.201. The number of epoxide rings is 1. The number of hydrogen-bond donors (Lipinski definition) is 2. The molecule has 1 aromatic rings. The lowest BCUT2D eigenvalue weighted by Crippen LogP contribution is -2.38. The van der Waals surface area contributed by atoms with Gasteiger partial charge in [0.15, 0.2) is 6.23 Å². The van der Waals surface area contributed by atoms with Gasteiger partial charge in [-0.2, -0.15) is 0 Å². The van der Waals surface area contributed by atoms with E-state index in [2.05, 4.69) is 26.8 Å². The third-order valence-corrected chi connectivity index (χ3v) is 2.87. The van der Waals surface area contributed by atoms with Gasteiger partial charge in [-0.25, -0.2) is 9.82 Å². The standard InChI is InChI=1S/C10H10BrFN2O2/c1-5(15)13-14-10-9(16-10)7-4-6(12)2-3-8(7)11/h2-4,9-10,14H,1H3,(H,13,15). The average Bonchev–Trinajstić information content (AvgIpc) is 2.98. The van der Waals surface area contributed by atoms with Gasteiger partial charge in [-0.05, 0) is 18.2 Å². The van der Waals surface area contributed by atoms with Crippen molar-refractivity contribution in [2.45, 2.75) is 19.3 Å². The summed E-state index contributed by atoms with van der Waals surface area (Å²) < 4.78 is 19.1. The number of carbonyl (C=O) groups excluding carboxylic acids is 1. The van der Waals surface area contributed by atoms with Crippen LogP contribution in [-0.2, 0) is 9.53 Å². The molecule has 1 aliphatic heterocycles. The zero-order chi connectivity index (χ0) is 11.7. The molecule has 0 aliphatic carbocycles. The summed E-state index contributed by atoms with van der Waals surface area (Å²) in [6.45, 7) is 1.39. The molecule has 1 aliphatic rings. The van der Waals surface area contributed by atoms with Crippen LogP contribution in [0, 0.1) is 5.82 Å². The van der Waals surface area contributed by atoms with Crippen LogP contribution >= 0.6 is 15.9 Å². The predicted octanol–water partition coefficient (Wildman–Crippen LogP) is 1.63. The van der Waals surface area contributed by atoms with Crippen molar-refractivity contribution < 1.29 is 13.9 Å². The first kappa shape index (κ1) is 11.5. The summed E-state index contributed by atoms with van der Waals surface area (Å²) in [5.41, 5.74) is 5.83. The van der Waals surface area contributed by atoms with Gasteiger partial charge in [0.1, 0.15) is 11.9 Å². The fourth-order valence-electron chi connectivity index (χ4n) is 1.36. The lowest BCUT2D eigenvalue weighted by atomic mass is 10.1. The molecule has 4 nitrogen and oxygen atoms in total. The first-order valence-corrected chi connectivity index (χ1v) is 5.50. The number of ether oxygens (including phenoxy) is 1. The van der Waals surface area contributed by atoms with Gasteiger partial charge in [-0.3, -0.25) is 10.2 Å². The molecule has 2 atom stereocenters. The number of halogens is 2. The van der Waals surface area contributed by atoms with E-state index < -0.39 is 0 Å². The summed E-state index contributed by atoms with van der Waals surface area (Å²) in [5.74, 6) is -0.514. The Balaban J connectivity index is 2.00. The minimum atomic E-state index is -0.313. The highest BCUT2D eigenvalue weighted by molar-refractivity contribution is 9.10. The van der Waals surface area contributed by atoms with E-state index in [1.165, 1.54) is 19.1 Å². The molecule has 1 heterocycles. The maximum absolute atomic E-state index is 13.0. The predicted molar refractivity (Wildman–Crippen MR) is 58.7 cm³/mol. The molecule has 2 N–H and O–H groups in total. The van der Waals surface area contributed by atoms with Gasteiger partial charge in [0.25, 0.3) is 0 Å². The van der Waals surface area contributed by atoms with Gasteiger partial charge in [-0.1, -0.05) is 15.9 Å². The van der Waals surface area contributed by atoms with Crippen LogP contribution in [0.5, 0.6) is 0 Å². The Morgan fingerprint density at radius 1 is 1.56 bits per heavy atom. The normalized spacial score (nSPS) is 22.9. The van der Waals surface area contributed by atoms with E-state index in [0.717, 1.165) is 10.0 Å². The SMILES string of the molecule is CC(=O)NNC1OC1c1cc(F)ccc1Br. The lowest BCUT2D eigenvalue weighted by Gasteiger charge is -2.02. The summed E-state index contributed by atoms with van der Waals surface area (Å²) in [5, 5.41) is 0.